The van der Waals surface area contributed by atoms with Gasteiger partial charge in [-0.1, -0.05) is 6.92 Å². The van der Waals surface area contributed by atoms with Crippen LogP contribution in [0.1, 0.15) is 48.2 Å². The largest absolute Gasteiger partial charge is 0.326 e. The van der Waals surface area contributed by atoms with Gasteiger partial charge in [0.25, 0.3) is 0 Å². The van der Waals surface area contributed by atoms with E-state index in [-0.39, 0.29) is 6.04 Å². The van der Waals surface area contributed by atoms with Gasteiger partial charge in [0.2, 0.25) is 0 Å². The Balaban J connectivity index is 1.90. The second kappa shape index (κ2) is 6.61. The number of nitrogens with two attached hydrogens (primary N) is 1. The average Bonchev–Trinajstić information content (AvgIpc) is 3.05. The van der Waals surface area contributed by atoms with E-state index in [9.17, 15) is 0 Å². The summed E-state index contributed by atoms with van der Waals surface area (Å²) in [4.78, 5) is 4.13. The summed E-state index contributed by atoms with van der Waals surface area (Å²) in [7, 11) is 0. The van der Waals surface area contributed by atoms with Crippen LogP contribution in [0.15, 0.2) is 28.3 Å². The minimum atomic E-state index is 0.210. The van der Waals surface area contributed by atoms with Gasteiger partial charge in [0, 0.05) is 23.5 Å². The van der Waals surface area contributed by atoms with Crippen molar-refractivity contribution in [2.75, 3.05) is 0 Å². The molecule has 2 heterocycles. The molecule has 2 aromatic rings. The van der Waals surface area contributed by atoms with E-state index >= 15 is 0 Å². The van der Waals surface area contributed by atoms with Gasteiger partial charge in [-0.3, -0.25) is 4.90 Å². The van der Waals surface area contributed by atoms with E-state index in [2.05, 4.69) is 47.0 Å². The first-order chi connectivity index (χ1) is 10.2. The molecule has 0 amide bonds. The van der Waals surface area contributed by atoms with E-state index in [1.54, 1.807) is 11.3 Å². The standard InChI is InChI=1S/C17H24N2S2/c1-3-15(18)16(17-12(2)6-9-21-17)19(14-4-5-14)10-13-7-8-20-11-13/h6-9,11,14-16H,3-5,10,18H2,1-2H3. The first-order valence-corrected chi connectivity index (χ1v) is 9.59. The molecule has 2 N–H and O–H groups in total. The maximum absolute atomic E-state index is 6.54. The Morgan fingerprint density at radius 3 is 2.67 bits per heavy atom. The Kier molecular flexibility index (Phi) is 4.79. The van der Waals surface area contributed by atoms with Crippen molar-refractivity contribution in [2.45, 2.75) is 57.8 Å². The summed E-state index contributed by atoms with van der Waals surface area (Å²) in [5, 5.41) is 6.65. The number of rotatable bonds is 7. The van der Waals surface area contributed by atoms with Crippen molar-refractivity contribution >= 4 is 22.7 Å². The first kappa shape index (κ1) is 15.2. The van der Waals surface area contributed by atoms with Crippen molar-refractivity contribution in [1.29, 1.82) is 0 Å². The second-order valence-corrected chi connectivity index (χ2v) is 7.75. The lowest BCUT2D eigenvalue weighted by atomic mass is 9.99. The molecule has 1 aliphatic carbocycles. The van der Waals surface area contributed by atoms with Crippen molar-refractivity contribution in [2.24, 2.45) is 5.73 Å². The third-order valence-electron chi connectivity index (χ3n) is 4.37. The van der Waals surface area contributed by atoms with Crippen LogP contribution in [0, 0.1) is 6.92 Å². The highest BCUT2D eigenvalue weighted by Gasteiger charge is 2.37. The predicted molar refractivity (Wildman–Crippen MR) is 92.9 cm³/mol. The molecule has 2 nitrogen and oxygen atoms in total. The molecular formula is C17H24N2S2. The lowest BCUT2D eigenvalue weighted by molar-refractivity contribution is 0.153. The SMILES string of the molecule is CCC(N)C(c1sccc1C)N(Cc1ccsc1)C1CC1. The van der Waals surface area contributed by atoms with Crippen molar-refractivity contribution in [3.8, 4) is 0 Å². The van der Waals surface area contributed by atoms with E-state index in [1.807, 2.05) is 11.3 Å². The monoisotopic (exact) mass is 320 g/mol. The molecule has 2 aromatic heterocycles. The summed E-state index contributed by atoms with van der Waals surface area (Å²) >= 11 is 3.65. The van der Waals surface area contributed by atoms with Gasteiger partial charge in [0.1, 0.15) is 0 Å². The third-order valence-corrected chi connectivity index (χ3v) is 6.19. The summed E-state index contributed by atoms with van der Waals surface area (Å²) < 4.78 is 0. The Bertz CT molecular complexity index is 557. The maximum atomic E-state index is 6.54. The Hall–Kier alpha value is -0.680. The predicted octanol–water partition coefficient (Wildman–Crippen LogP) is 4.56. The molecule has 0 spiro atoms. The number of aryl methyl sites for hydroxylation is 1. The molecule has 1 aliphatic rings. The summed E-state index contributed by atoms with van der Waals surface area (Å²) in [6.07, 6.45) is 3.66. The molecule has 21 heavy (non-hydrogen) atoms. The van der Waals surface area contributed by atoms with E-state index in [4.69, 9.17) is 5.73 Å². The Morgan fingerprint density at radius 2 is 2.14 bits per heavy atom. The minimum absolute atomic E-state index is 0.210. The molecule has 0 bridgehead atoms. The van der Waals surface area contributed by atoms with Crippen molar-refractivity contribution in [1.82, 2.24) is 4.90 Å². The zero-order valence-electron chi connectivity index (χ0n) is 12.8. The van der Waals surface area contributed by atoms with Gasteiger partial charge in [0.15, 0.2) is 0 Å². The van der Waals surface area contributed by atoms with Crippen LogP contribution in [0.2, 0.25) is 0 Å². The molecule has 1 saturated carbocycles. The van der Waals surface area contributed by atoms with Gasteiger partial charge in [0.05, 0.1) is 6.04 Å². The average molecular weight is 321 g/mol. The highest BCUT2D eigenvalue weighted by molar-refractivity contribution is 7.10. The van der Waals surface area contributed by atoms with Gasteiger partial charge in [-0.25, -0.2) is 0 Å². The van der Waals surface area contributed by atoms with Crippen LogP contribution in [0.3, 0.4) is 0 Å². The Morgan fingerprint density at radius 1 is 1.33 bits per heavy atom. The lowest BCUT2D eigenvalue weighted by Crippen LogP contribution is -2.41. The molecule has 2 atom stereocenters. The fraction of sp³-hybridized carbons (Fsp3) is 0.529. The zero-order valence-corrected chi connectivity index (χ0v) is 14.4. The van der Waals surface area contributed by atoms with Crippen molar-refractivity contribution in [3.05, 3.63) is 44.3 Å². The summed E-state index contributed by atoms with van der Waals surface area (Å²) in [6.45, 7) is 5.46. The topological polar surface area (TPSA) is 29.3 Å². The molecule has 0 radical (unpaired) electrons. The van der Waals surface area contributed by atoms with Gasteiger partial charge in [-0.05, 0) is 65.6 Å². The lowest BCUT2D eigenvalue weighted by Gasteiger charge is -2.35. The number of thiophene rings is 2. The molecule has 0 saturated heterocycles. The normalized spacial score (nSPS) is 18.1. The molecule has 0 aliphatic heterocycles. The molecule has 1 fully saturated rings. The van der Waals surface area contributed by atoms with Gasteiger partial charge >= 0.3 is 0 Å². The van der Waals surface area contributed by atoms with E-state index in [0.717, 1.165) is 13.0 Å². The highest BCUT2D eigenvalue weighted by Crippen LogP contribution is 2.40. The summed E-state index contributed by atoms with van der Waals surface area (Å²) in [5.74, 6) is 0. The van der Waals surface area contributed by atoms with E-state index < -0.39 is 0 Å². The Labute approximate surface area is 135 Å². The molecule has 0 aromatic carbocycles. The maximum Gasteiger partial charge on any atom is 0.0601 e. The third kappa shape index (κ3) is 3.39. The molecular weight excluding hydrogens is 296 g/mol. The smallest absolute Gasteiger partial charge is 0.0601 e. The van der Waals surface area contributed by atoms with Crippen LogP contribution in [0.4, 0.5) is 0 Å². The van der Waals surface area contributed by atoms with Crippen molar-refractivity contribution < 1.29 is 0 Å². The van der Waals surface area contributed by atoms with E-state index in [1.165, 1.54) is 28.8 Å². The van der Waals surface area contributed by atoms with Crippen LogP contribution >= 0.6 is 22.7 Å². The molecule has 3 rings (SSSR count). The minimum Gasteiger partial charge on any atom is -0.326 e. The molecule has 114 valence electrons. The first-order valence-electron chi connectivity index (χ1n) is 7.77. The van der Waals surface area contributed by atoms with Gasteiger partial charge in [-0.15, -0.1) is 11.3 Å². The number of hydrogen-bond acceptors (Lipinski definition) is 4. The molecule has 2 unspecified atom stereocenters. The highest BCUT2D eigenvalue weighted by atomic mass is 32.1. The zero-order chi connectivity index (χ0) is 14.8. The van der Waals surface area contributed by atoms with Crippen molar-refractivity contribution in [3.63, 3.8) is 0 Å². The fourth-order valence-electron chi connectivity index (χ4n) is 2.96. The van der Waals surface area contributed by atoms with Gasteiger partial charge < -0.3 is 5.73 Å². The van der Waals surface area contributed by atoms with Gasteiger partial charge in [-0.2, -0.15) is 11.3 Å². The molecule has 4 heteroatoms. The van der Waals surface area contributed by atoms with Crippen LogP contribution < -0.4 is 5.73 Å². The quantitative estimate of drug-likeness (QED) is 0.810. The fourth-order valence-corrected chi connectivity index (χ4v) is 4.74. The summed E-state index contributed by atoms with van der Waals surface area (Å²) in [5.41, 5.74) is 9.36. The number of nitrogens with zero attached hydrogens (tertiary/aromatic N) is 1. The number of hydrogen-bond donors (Lipinski definition) is 1. The summed E-state index contributed by atoms with van der Waals surface area (Å²) in [6, 6.07) is 5.76. The van der Waals surface area contributed by atoms with E-state index in [0.29, 0.717) is 12.1 Å². The van der Waals surface area contributed by atoms with Crippen LogP contribution in [-0.4, -0.2) is 17.0 Å². The van der Waals surface area contributed by atoms with Crippen LogP contribution in [0.25, 0.3) is 0 Å². The van der Waals surface area contributed by atoms with Crippen LogP contribution in [0.5, 0.6) is 0 Å². The second-order valence-electron chi connectivity index (χ2n) is 6.02. The van der Waals surface area contributed by atoms with Crippen LogP contribution in [-0.2, 0) is 6.54 Å².